The zero-order valence-electron chi connectivity index (χ0n) is 7.11. The van der Waals surface area contributed by atoms with Gasteiger partial charge in [-0.05, 0) is 20.7 Å². The second kappa shape index (κ2) is 1.71. The van der Waals surface area contributed by atoms with Crippen molar-refractivity contribution in [3.63, 3.8) is 0 Å². The van der Waals surface area contributed by atoms with Gasteiger partial charge in [-0.25, -0.2) is 0 Å². The summed E-state index contributed by atoms with van der Waals surface area (Å²) in [6.45, 7) is 2.96. The molecule has 48 valence electrons. The van der Waals surface area contributed by atoms with Crippen molar-refractivity contribution in [3.05, 3.63) is 0 Å². The monoisotopic (exact) mass is 117 g/mol. The van der Waals surface area contributed by atoms with E-state index >= 15 is 0 Å². The van der Waals surface area contributed by atoms with Crippen molar-refractivity contribution in [3.8, 4) is 0 Å². The molecule has 0 saturated carbocycles. The highest BCUT2D eigenvalue weighted by atomic mass is 16.5. The molecule has 0 aromatic rings. The first kappa shape index (κ1) is 3.85. The van der Waals surface area contributed by atoms with Gasteiger partial charge in [0.1, 0.15) is 5.72 Å². The Kier molecular flexibility index (Phi) is 0.822. The largest absolute Gasteiger partial charge is 0.357 e. The lowest BCUT2D eigenvalue weighted by molar-refractivity contribution is -0.0153. The molecular weight excluding hydrogens is 102 g/mol. The second-order valence-electron chi connectivity index (χ2n) is 2.30. The van der Waals surface area contributed by atoms with Crippen LogP contribution >= 0.6 is 0 Å². The highest BCUT2D eigenvalue weighted by Crippen LogP contribution is 2.13. The van der Waals surface area contributed by atoms with Crippen LogP contribution in [-0.4, -0.2) is 18.4 Å². The van der Waals surface area contributed by atoms with E-state index in [1.807, 2.05) is 6.92 Å². The van der Waals surface area contributed by atoms with Crippen LogP contribution in [0.2, 0.25) is 0 Å². The van der Waals surface area contributed by atoms with Gasteiger partial charge in [-0.1, -0.05) is 0 Å². The summed E-state index contributed by atoms with van der Waals surface area (Å²) >= 11 is 0. The lowest BCUT2D eigenvalue weighted by Gasteiger charge is -2.16. The lowest BCUT2D eigenvalue weighted by Crippen LogP contribution is -2.33. The maximum Gasteiger partial charge on any atom is 0.114 e. The van der Waals surface area contributed by atoms with E-state index in [0.29, 0.717) is 0 Å². The predicted molar refractivity (Wildman–Crippen MR) is 32.6 cm³/mol. The van der Waals surface area contributed by atoms with E-state index in [-0.39, 0.29) is 19.9 Å². The van der Waals surface area contributed by atoms with Gasteiger partial charge in [-0.15, -0.1) is 0 Å². The van der Waals surface area contributed by atoms with Crippen molar-refractivity contribution < 1.29 is 7.48 Å². The van der Waals surface area contributed by atoms with E-state index < -0.39 is 5.72 Å². The molecule has 0 aromatic carbocycles. The van der Waals surface area contributed by atoms with Gasteiger partial charge in [0.2, 0.25) is 0 Å². The van der Waals surface area contributed by atoms with Crippen molar-refractivity contribution >= 4 is 0 Å². The van der Waals surface area contributed by atoms with Crippen LogP contribution in [0.3, 0.4) is 0 Å². The molecule has 1 heterocycles. The summed E-state index contributed by atoms with van der Waals surface area (Å²) in [4.78, 5) is 0. The van der Waals surface area contributed by atoms with Gasteiger partial charge in [0, 0.05) is 9.29 Å². The Labute approximate surface area is 53.0 Å². The molecule has 8 heavy (non-hydrogen) atoms. The Morgan fingerprint density at radius 3 is 2.88 bits per heavy atom. The molecule has 0 amide bonds. The van der Waals surface area contributed by atoms with Crippen LogP contribution < -0.4 is 5.32 Å². The first-order valence-corrected chi connectivity index (χ1v) is 2.74. The quantitative estimate of drug-likeness (QED) is 0.505. The first-order valence-electron chi connectivity index (χ1n) is 4.15. The fraction of sp³-hybridized carbons (Fsp3) is 1.00. The van der Waals surface area contributed by atoms with Gasteiger partial charge >= 0.3 is 0 Å². The standard InChI is InChI=1S/C6H13NO/c1-5-4-7-6(2,3)8-5/h5,7H,4H2,1-3H3/i2D,3D. The molecule has 0 bridgehead atoms. The molecule has 2 nitrogen and oxygen atoms in total. The average Bonchev–Trinajstić information content (AvgIpc) is 2.33. The summed E-state index contributed by atoms with van der Waals surface area (Å²) in [5.74, 6) is 0. The highest BCUT2D eigenvalue weighted by Gasteiger charge is 2.27. The Morgan fingerprint density at radius 2 is 2.62 bits per heavy atom. The Balaban J connectivity index is 2.51. The van der Waals surface area contributed by atoms with Crippen LogP contribution in [-0.2, 0) is 4.74 Å². The third-order valence-electron chi connectivity index (χ3n) is 1.14. The van der Waals surface area contributed by atoms with E-state index in [1.165, 1.54) is 0 Å². The van der Waals surface area contributed by atoms with E-state index in [0.717, 1.165) is 6.54 Å². The minimum atomic E-state index is -0.667. The van der Waals surface area contributed by atoms with Crippen LogP contribution in [0.5, 0.6) is 0 Å². The van der Waals surface area contributed by atoms with Crippen molar-refractivity contribution in [2.45, 2.75) is 32.6 Å². The average molecular weight is 117 g/mol. The van der Waals surface area contributed by atoms with Gasteiger partial charge in [-0.3, -0.25) is 5.32 Å². The van der Waals surface area contributed by atoms with Crippen LogP contribution in [0.1, 0.15) is 23.5 Å². The SMILES string of the molecule is [2H]CC1(C[2H])NCC(C)O1. The van der Waals surface area contributed by atoms with Gasteiger partial charge in [-0.2, -0.15) is 0 Å². The van der Waals surface area contributed by atoms with Crippen LogP contribution in [0, 0.1) is 0 Å². The minimum Gasteiger partial charge on any atom is -0.357 e. The van der Waals surface area contributed by atoms with Crippen LogP contribution in [0.25, 0.3) is 0 Å². The molecule has 1 fully saturated rings. The fourth-order valence-electron chi connectivity index (χ4n) is 0.798. The van der Waals surface area contributed by atoms with Gasteiger partial charge < -0.3 is 4.74 Å². The summed E-state index contributed by atoms with van der Waals surface area (Å²) in [5, 5.41) is 3.02. The zero-order valence-corrected chi connectivity index (χ0v) is 5.11. The molecular formula is C6H13NO. The van der Waals surface area contributed by atoms with Crippen LogP contribution in [0.4, 0.5) is 0 Å². The molecule has 0 aromatic heterocycles. The summed E-state index contributed by atoms with van der Waals surface area (Å²) in [6.07, 6.45) is 0.149. The van der Waals surface area contributed by atoms with Crippen molar-refractivity contribution in [2.75, 3.05) is 6.54 Å². The number of ether oxygens (including phenoxy) is 1. The normalized spacial score (nSPS) is 38.9. The van der Waals surface area contributed by atoms with E-state index in [2.05, 4.69) is 5.32 Å². The molecule has 0 aliphatic carbocycles. The van der Waals surface area contributed by atoms with E-state index in [4.69, 9.17) is 7.48 Å². The topological polar surface area (TPSA) is 21.3 Å². The molecule has 2 heteroatoms. The molecule has 1 atom stereocenters. The maximum absolute atomic E-state index is 7.13. The third-order valence-corrected chi connectivity index (χ3v) is 1.14. The summed E-state index contributed by atoms with van der Waals surface area (Å²) < 4.78 is 19.6. The molecule has 1 unspecified atom stereocenters. The van der Waals surface area contributed by atoms with E-state index in [1.54, 1.807) is 0 Å². The maximum atomic E-state index is 7.13. The second-order valence-corrected chi connectivity index (χ2v) is 2.30. The molecule has 1 aliphatic heterocycles. The van der Waals surface area contributed by atoms with Gasteiger partial charge in [0.05, 0.1) is 6.10 Å². The molecule has 1 aliphatic rings. The lowest BCUT2D eigenvalue weighted by atomic mass is 10.3. The van der Waals surface area contributed by atoms with Crippen molar-refractivity contribution in [1.82, 2.24) is 5.32 Å². The number of nitrogens with one attached hydrogen (secondary N) is 1. The third kappa shape index (κ3) is 1.20. The molecule has 0 radical (unpaired) electrons. The zero-order chi connectivity index (χ0) is 7.61. The first-order chi connectivity index (χ1) is 4.72. The summed E-state index contributed by atoms with van der Waals surface area (Å²) in [7, 11) is 0. The molecule has 1 rings (SSSR count). The Bertz CT molecular complexity index is 116. The minimum absolute atomic E-state index is 0.126. The van der Waals surface area contributed by atoms with Gasteiger partial charge in [0.25, 0.3) is 0 Å². The van der Waals surface area contributed by atoms with Crippen molar-refractivity contribution in [1.29, 1.82) is 0 Å². The number of hydrogen-bond donors (Lipinski definition) is 1. The predicted octanol–water partition coefficient (Wildman–Crippen LogP) is 0.731. The molecule has 1 saturated heterocycles. The van der Waals surface area contributed by atoms with Gasteiger partial charge in [0.15, 0.2) is 0 Å². The molecule has 1 N–H and O–H groups in total. The fourth-order valence-corrected chi connectivity index (χ4v) is 0.798. The highest BCUT2D eigenvalue weighted by molar-refractivity contribution is 4.76. The molecule has 0 spiro atoms. The van der Waals surface area contributed by atoms with E-state index in [9.17, 15) is 0 Å². The van der Waals surface area contributed by atoms with Crippen LogP contribution in [0.15, 0.2) is 0 Å². The van der Waals surface area contributed by atoms with Crippen molar-refractivity contribution in [2.24, 2.45) is 0 Å². The number of rotatable bonds is 0. The Morgan fingerprint density at radius 1 is 1.88 bits per heavy atom. The summed E-state index contributed by atoms with van der Waals surface area (Å²) in [6, 6.07) is 0. The number of hydrogen-bond acceptors (Lipinski definition) is 2. The Hall–Kier alpha value is -0.0800. The smallest absolute Gasteiger partial charge is 0.114 e. The summed E-state index contributed by atoms with van der Waals surface area (Å²) in [5.41, 5.74) is -0.667.